The second-order valence-corrected chi connectivity index (χ2v) is 9.59. The van der Waals surface area contributed by atoms with Crippen molar-refractivity contribution in [3.05, 3.63) is 157 Å². The van der Waals surface area contributed by atoms with Crippen molar-refractivity contribution < 1.29 is 34.6 Å². The van der Waals surface area contributed by atoms with Crippen molar-refractivity contribution in [3.63, 3.8) is 0 Å². The molecule has 1 aromatic heterocycles. The quantitative estimate of drug-likeness (QED) is 0.193. The monoisotopic (exact) mass is 568 g/mol. The van der Waals surface area contributed by atoms with Crippen LogP contribution in [0, 0.1) is 0 Å². The second-order valence-electron chi connectivity index (χ2n) is 9.59. The summed E-state index contributed by atoms with van der Waals surface area (Å²) in [6, 6.07) is -11.0. The molecule has 200 valence electrons. The fourth-order valence-electron chi connectivity index (χ4n) is 5.55. The standard InChI is InChI=1S/C42H26O/c1-2-12-27(13-3-1)29-19-10-21-31-30(29)20-11-22-34(31)42-37-17-6-4-15-35(37)41(36-16-5-7-18-38(36)42)28-24-25-33-32-14-8-9-23-39(32)43-40(33)26-28/h1-26H/i1D,2D,3D,4D,5D,6D,7D,8D,9D,10D,11D,12D,14D,15D,16D,17D,18D,19D,20D,21D,22D,23D. The Labute approximate surface area is 280 Å². The Bertz CT molecular complexity index is 3660. The number of hydrogen-bond donors (Lipinski definition) is 0. The molecule has 0 aliphatic heterocycles. The van der Waals surface area contributed by atoms with Gasteiger partial charge < -0.3 is 4.42 Å². The van der Waals surface area contributed by atoms with Crippen molar-refractivity contribution in [1.29, 1.82) is 0 Å². The van der Waals surface area contributed by atoms with Gasteiger partial charge in [0.1, 0.15) is 11.2 Å². The van der Waals surface area contributed by atoms with Gasteiger partial charge in [-0.05, 0) is 83.9 Å². The molecule has 9 aromatic rings. The first kappa shape index (κ1) is 10.9. The summed E-state index contributed by atoms with van der Waals surface area (Å²) >= 11 is 0. The Hall–Kier alpha value is -5.66. The van der Waals surface area contributed by atoms with Gasteiger partial charge in [0.15, 0.2) is 0 Å². The van der Waals surface area contributed by atoms with Gasteiger partial charge in [-0.1, -0.05) is 139 Å². The van der Waals surface area contributed by atoms with Crippen LogP contribution in [-0.2, 0) is 0 Å². The van der Waals surface area contributed by atoms with Gasteiger partial charge in [-0.3, -0.25) is 0 Å². The molecule has 43 heavy (non-hydrogen) atoms. The molecule has 0 amide bonds. The third-order valence-corrected chi connectivity index (χ3v) is 7.35. The maximum absolute atomic E-state index is 9.43. The lowest BCUT2D eigenvalue weighted by Crippen LogP contribution is -1.92. The van der Waals surface area contributed by atoms with Gasteiger partial charge in [0.25, 0.3) is 0 Å². The van der Waals surface area contributed by atoms with Crippen LogP contribution in [0.15, 0.2) is 162 Å². The van der Waals surface area contributed by atoms with Crippen molar-refractivity contribution >= 4 is 54.3 Å². The van der Waals surface area contributed by atoms with Crippen molar-refractivity contribution in [2.24, 2.45) is 0 Å². The largest absolute Gasteiger partial charge is 0.456 e. The highest BCUT2D eigenvalue weighted by atomic mass is 16.3. The van der Waals surface area contributed by atoms with Crippen LogP contribution in [0.25, 0.3) is 87.6 Å². The van der Waals surface area contributed by atoms with E-state index in [-0.39, 0.29) is 43.8 Å². The summed E-state index contributed by atoms with van der Waals surface area (Å²) in [6.45, 7) is 0. The van der Waals surface area contributed by atoms with Gasteiger partial charge in [0.2, 0.25) is 0 Å². The lowest BCUT2D eigenvalue weighted by Gasteiger charge is -2.19. The molecule has 0 N–H and O–H groups in total. The first-order chi connectivity index (χ1) is 30.5. The SMILES string of the molecule is [2H]c1cc(-c2c([2H])c([2H])c([2H])c3c(-c4c5c([2H])c([2H])c([2H])c([2H])c5c(-c5ccc6c(c5)oc5c([2H])c([2H])c([2H])c([2H])c56)c5c([2H])c([2H])c([2H])c([2H])c45)c([2H])c([2H])c([2H])c23)c([2H])c([2H])c1[2H]. The molecule has 0 aliphatic rings. The lowest BCUT2D eigenvalue weighted by molar-refractivity contribution is 0.669. The zero-order valence-corrected chi connectivity index (χ0v) is 21.7. The van der Waals surface area contributed by atoms with Gasteiger partial charge in [0, 0.05) is 10.8 Å². The smallest absolute Gasteiger partial charge is 0.136 e. The van der Waals surface area contributed by atoms with Crippen LogP contribution in [0.2, 0.25) is 0 Å². The van der Waals surface area contributed by atoms with E-state index in [1.54, 1.807) is 0 Å². The van der Waals surface area contributed by atoms with Crippen LogP contribution in [-0.4, -0.2) is 0 Å². The Morgan fingerprint density at radius 2 is 0.930 bits per heavy atom. The third kappa shape index (κ3) is 3.65. The molecule has 0 aliphatic carbocycles. The number of para-hydroxylation sites is 1. The normalized spacial score (nSPS) is 18.9. The molecule has 0 spiro atoms. The molecule has 0 bridgehead atoms. The zero-order chi connectivity index (χ0) is 47.5. The van der Waals surface area contributed by atoms with Crippen molar-refractivity contribution in [2.75, 3.05) is 0 Å². The molecule has 9 rings (SSSR count). The number of rotatable bonds is 3. The maximum Gasteiger partial charge on any atom is 0.136 e. The fourth-order valence-corrected chi connectivity index (χ4v) is 5.55. The first-order valence-corrected chi connectivity index (χ1v) is 13.0. The summed E-state index contributed by atoms with van der Waals surface area (Å²) in [6.07, 6.45) is 0. The molecule has 0 saturated heterocycles. The van der Waals surface area contributed by atoms with Crippen LogP contribution in [0.3, 0.4) is 0 Å². The predicted molar refractivity (Wildman–Crippen MR) is 183 cm³/mol. The molecule has 0 atom stereocenters. The minimum atomic E-state index is -0.900. The molecule has 8 aromatic carbocycles. The average Bonchev–Trinajstić information content (AvgIpc) is 3.68. The zero-order valence-electron chi connectivity index (χ0n) is 43.7. The summed E-state index contributed by atoms with van der Waals surface area (Å²) < 4.78 is 201. The number of furan rings is 1. The fraction of sp³-hybridized carbons (Fsp3) is 0. The van der Waals surface area contributed by atoms with Gasteiger partial charge in [-0.25, -0.2) is 0 Å². The molecule has 0 fully saturated rings. The molecule has 1 heterocycles. The highest BCUT2D eigenvalue weighted by Crippen LogP contribution is 2.46. The molecule has 0 radical (unpaired) electrons. The number of fused-ring (bicyclic) bond motifs is 6. The van der Waals surface area contributed by atoms with E-state index in [0.717, 1.165) is 6.07 Å². The topological polar surface area (TPSA) is 13.1 Å². The third-order valence-electron chi connectivity index (χ3n) is 7.35. The van der Waals surface area contributed by atoms with E-state index in [0.29, 0.717) is 0 Å². The molecular formula is C42H26O. The summed E-state index contributed by atoms with van der Waals surface area (Å²) in [4.78, 5) is 0. The summed E-state index contributed by atoms with van der Waals surface area (Å²) in [5.74, 6) is 0. The van der Waals surface area contributed by atoms with E-state index in [4.69, 9.17) is 26.3 Å². The number of hydrogen-bond acceptors (Lipinski definition) is 1. The lowest BCUT2D eigenvalue weighted by atomic mass is 9.84. The van der Waals surface area contributed by atoms with E-state index >= 15 is 0 Å². The second kappa shape index (κ2) is 9.44. The van der Waals surface area contributed by atoms with Crippen LogP contribution < -0.4 is 0 Å². The Balaban J connectivity index is 1.58. The van der Waals surface area contributed by atoms with E-state index < -0.39 is 177 Å². The van der Waals surface area contributed by atoms with Crippen LogP contribution >= 0.6 is 0 Å². The molecule has 1 nitrogen and oxygen atoms in total. The highest BCUT2D eigenvalue weighted by Gasteiger charge is 2.19. The highest BCUT2D eigenvalue weighted by molar-refractivity contribution is 6.24. The Kier molecular flexibility index (Phi) is 2.39. The van der Waals surface area contributed by atoms with Gasteiger partial charge >= 0.3 is 0 Å². The molecular weight excluding hydrogens is 520 g/mol. The van der Waals surface area contributed by atoms with Crippen molar-refractivity contribution in [1.82, 2.24) is 0 Å². The summed E-state index contributed by atoms with van der Waals surface area (Å²) in [5.41, 5.74) is -2.44. The summed E-state index contributed by atoms with van der Waals surface area (Å²) in [5, 5.41) is -2.56. The van der Waals surface area contributed by atoms with Crippen molar-refractivity contribution in [2.45, 2.75) is 0 Å². The first-order valence-electron chi connectivity index (χ1n) is 24.0. The van der Waals surface area contributed by atoms with Crippen LogP contribution in [0.4, 0.5) is 0 Å². The van der Waals surface area contributed by atoms with E-state index in [1.807, 2.05) is 0 Å². The van der Waals surface area contributed by atoms with E-state index in [9.17, 15) is 8.22 Å². The van der Waals surface area contributed by atoms with E-state index in [2.05, 4.69) is 0 Å². The van der Waals surface area contributed by atoms with Crippen molar-refractivity contribution in [3.8, 4) is 33.4 Å². The van der Waals surface area contributed by atoms with Gasteiger partial charge in [-0.2, -0.15) is 0 Å². The minimum Gasteiger partial charge on any atom is -0.456 e. The summed E-state index contributed by atoms with van der Waals surface area (Å²) in [7, 11) is 0. The minimum absolute atomic E-state index is 0.0241. The van der Waals surface area contributed by atoms with Gasteiger partial charge in [0.05, 0.1) is 30.2 Å². The Morgan fingerprint density at radius 1 is 0.349 bits per heavy atom. The molecule has 0 saturated carbocycles. The van der Waals surface area contributed by atoms with Crippen LogP contribution in [0.1, 0.15) is 30.2 Å². The molecule has 1 heteroatoms. The van der Waals surface area contributed by atoms with Crippen LogP contribution in [0.5, 0.6) is 0 Å². The molecule has 0 unspecified atom stereocenters. The average molecular weight is 569 g/mol. The van der Waals surface area contributed by atoms with E-state index in [1.165, 1.54) is 18.2 Å². The van der Waals surface area contributed by atoms with Gasteiger partial charge in [-0.15, -0.1) is 0 Å². The number of benzene rings is 8. The predicted octanol–water partition coefficient (Wildman–Crippen LogP) is 12.0. The maximum atomic E-state index is 9.43. The Morgan fingerprint density at radius 3 is 1.67 bits per heavy atom.